The van der Waals surface area contributed by atoms with Gasteiger partial charge < -0.3 is 10.1 Å². The number of hydrogen-bond donors (Lipinski definition) is 1. The maximum absolute atomic E-state index is 5.39. The van der Waals surface area contributed by atoms with E-state index in [-0.39, 0.29) is 5.41 Å². The first-order valence-corrected chi connectivity index (χ1v) is 11.1. The van der Waals surface area contributed by atoms with Crippen molar-refractivity contribution in [3.63, 3.8) is 0 Å². The third-order valence-electron chi connectivity index (χ3n) is 7.56. The van der Waals surface area contributed by atoms with Crippen molar-refractivity contribution < 1.29 is 4.74 Å². The van der Waals surface area contributed by atoms with Crippen molar-refractivity contribution >= 4 is 5.82 Å². The Morgan fingerprint density at radius 2 is 1.93 bits per heavy atom. The molecule has 6 heteroatoms. The zero-order chi connectivity index (χ0) is 19.9. The first-order valence-electron chi connectivity index (χ1n) is 11.1. The molecule has 1 saturated carbocycles. The van der Waals surface area contributed by atoms with Gasteiger partial charge in [-0.05, 0) is 37.8 Å². The number of pyridine rings is 1. The fourth-order valence-electron chi connectivity index (χ4n) is 5.60. The smallest absolute Gasteiger partial charge is 0.129 e. The van der Waals surface area contributed by atoms with Crippen LogP contribution in [0.3, 0.4) is 0 Å². The van der Waals surface area contributed by atoms with Crippen LogP contribution in [0.5, 0.6) is 0 Å². The van der Waals surface area contributed by atoms with E-state index < -0.39 is 0 Å². The number of rotatable bonds is 4. The van der Waals surface area contributed by atoms with E-state index in [1.165, 1.54) is 24.3 Å². The van der Waals surface area contributed by atoms with Crippen molar-refractivity contribution in [2.24, 2.45) is 11.8 Å². The van der Waals surface area contributed by atoms with E-state index in [4.69, 9.17) is 14.8 Å². The molecule has 0 aromatic carbocycles. The van der Waals surface area contributed by atoms with Crippen LogP contribution in [-0.4, -0.2) is 58.6 Å². The Bertz CT molecular complexity index is 948. The van der Waals surface area contributed by atoms with Crippen LogP contribution in [0.1, 0.15) is 50.9 Å². The van der Waals surface area contributed by atoms with Gasteiger partial charge in [0.25, 0.3) is 0 Å². The number of fused-ring (bicyclic) bond motifs is 2. The van der Waals surface area contributed by atoms with Gasteiger partial charge in [0, 0.05) is 60.0 Å². The zero-order valence-corrected chi connectivity index (χ0v) is 17.9. The normalized spacial score (nSPS) is 30.2. The molecule has 5 heterocycles. The van der Waals surface area contributed by atoms with Crippen LogP contribution >= 0.6 is 0 Å². The molecule has 1 N–H and O–H groups in total. The van der Waals surface area contributed by atoms with Crippen LogP contribution in [0.15, 0.2) is 18.3 Å². The van der Waals surface area contributed by atoms with Gasteiger partial charge in [-0.1, -0.05) is 13.8 Å². The van der Waals surface area contributed by atoms with Crippen molar-refractivity contribution in [1.82, 2.24) is 19.7 Å². The van der Waals surface area contributed by atoms with Gasteiger partial charge in [-0.2, -0.15) is 5.10 Å². The standard InChI is InChI=1S/C23H31N5O/c1-13(2)28-20(21-16-8-27(9-17(16)21)15-10-29-11-15)6-19(26-28)14-5-18-22(24-7-14)25-12-23(18,3)4/h5-7,13,15-17,21H,8-12H2,1-4H3,(H,24,25). The summed E-state index contributed by atoms with van der Waals surface area (Å²) >= 11 is 0. The Labute approximate surface area is 172 Å². The topological polar surface area (TPSA) is 55.2 Å². The maximum Gasteiger partial charge on any atom is 0.129 e. The van der Waals surface area contributed by atoms with E-state index in [1.807, 2.05) is 6.20 Å². The number of anilines is 1. The number of nitrogens with zero attached hydrogens (tertiary/aromatic N) is 4. The number of ether oxygens (including phenoxy) is 1. The van der Waals surface area contributed by atoms with Crippen LogP contribution < -0.4 is 5.32 Å². The molecule has 2 saturated heterocycles. The van der Waals surface area contributed by atoms with E-state index in [0.717, 1.165) is 48.7 Å². The summed E-state index contributed by atoms with van der Waals surface area (Å²) in [6, 6.07) is 5.68. The van der Waals surface area contributed by atoms with Crippen molar-refractivity contribution in [3.8, 4) is 11.3 Å². The zero-order valence-electron chi connectivity index (χ0n) is 17.9. The van der Waals surface area contributed by atoms with E-state index in [0.29, 0.717) is 18.0 Å². The average molecular weight is 394 g/mol. The maximum atomic E-state index is 5.39. The third kappa shape index (κ3) is 2.68. The first kappa shape index (κ1) is 17.9. The van der Waals surface area contributed by atoms with Crippen molar-refractivity contribution in [2.45, 2.75) is 51.1 Å². The summed E-state index contributed by atoms with van der Waals surface area (Å²) in [6.45, 7) is 14.3. The quantitative estimate of drug-likeness (QED) is 0.864. The lowest BCUT2D eigenvalue weighted by molar-refractivity contribution is -0.0610. The summed E-state index contributed by atoms with van der Waals surface area (Å²) < 4.78 is 7.66. The summed E-state index contributed by atoms with van der Waals surface area (Å²) in [5, 5.41) is 8.48. The van der Waals surface area contributed by atoms with E-state index in [2.05, 4.69) is 54.7 Å². The predicted molar refractivity (Wildman–Crippen MR) is 113 cm³/mol. The second kappa shape index (κ2) is 6.05. The van der Waals surface area contributed by atoms with Gasteiger partial charge in [0.05, 0.1) is 24.9 Å². The minimum Gasteiger partial charge on any atom is -0.378 e. The van der Waals surface area contributed by atoms with Gasteiger partial charge in [-0.15, -0.1) is 0 Å². The van der Waals surface area contributed by atoms with Crippen LogP contribution in [0.2, 0.25) is 0 Å². The number of aromatic nitrogens is 3. The molecular formula is C23H31N5O. The molecule has 1 aliphatic carbocycles. The van der Waals surface area contributed by atoms with Crippen LogP contribution in [-0.2, 0) is 10.2 Å². The second-order valence-electron chi connectivity index (χ2n) is 10.3. The Kier molecular flexibility index (Phi) is 3.73. The monoisotopic (exact) mass is 393 g/mol. The molecule has 0 radical (unpaired) electrons. The van der Waals surface area contributed by atoms with Gasteiger partial charge in [-0.25, -0.2) is 4.98 Å². The molecule has 0 amide bonds. The van der Waals surface area contributed by atoms with Crippen LogP contribution in [0, 0.1) is 11.8 Å². The predicted octanol–water partition coefficient (Wildman–Crippen LogP) is 3.27. The largest absolute Gasteiger partial charge is 0.378 e. The summed E-state index contributed by atoms with van der Waals surface area (Å²) in [6.07, 6.45) is 1.98. The lowest BCUT2D eigenvalue weighted by atomic mass is 9.87. The highest BCUT2D eigenvalue weighted by Crippen LogP contribution is 2.59. The van der Waals surface area contributed by atoms with Gasteiger partial charge in [0.2, 0.25) is 0 Å². The van der Waals surface area contributed by atoms with Gasteiger partial charge in [-0.3, -0.25) is 9.58 Å². The molecule has 3 aliphatic heterocycles. The van der Waals surface area contributed by atoms with Gasteiger partial charge in [0.1, 0.15) is 5.82 Å². The van der Waals surface area contributed by atoms with Gasteiger partial charge in [0.15, 0.2) is 0 Å². The molecule has 0 spiro atoms. The highest BCUT2D eigenvalue weighted by molar-refractivity contribution is 5.66. The molecule has 3 fully saturated rings. The molecule has 154 valence electrons. The van der Waals surface area contributed by atoms with E-state index in [9.17, 15) is 0 Å². The Morgan fingerprint density at radius 3 is 2.59 bits per heavy atom. The Balaban J connectivity index is 1.29. The molecule has 29 heavy (non-hydrogen) atoms. The lowest BCUT2D eigenvalue weighted by Crippen LogP contribution is -2.48. The minimum atomic E-state index is 0.115. The average Bonchev–Trinajstić information content (AvgIpc) is 3.02. The number of nitrogens with one attached hydrogen (secondary N) is 1. The Morgan fingerprint density at radius 1 is 1.17 bits per heavy atom. The van der Waals surface area contributed by atoms with E-state index >= 15 is 0 Å². The fourth-order valence-corrected chi connectivity index (χ4v) is 5.60. The second-order valence-corrected chi connectivity index (χ2v) is 10.3. The molecule has 2 aromatic rings. The third-order valence-corrected chi connectivity index (χ3v) is 7.56. The Hall–Kier alpha value is -1.92. The molecule has 2 aromatic heterocycles. The highest BCUT2D eigenvalue weighted by Gasteiger charge is 2.58. The summed E-state index contributed by atoms with van der Waals surface area (Å²) in [4.78, 5) is 7.34. The molecule has 6 rings (SSSR count). The highest BCUT2D eigenvalue weighted by atomic mass is 16.5. The molecule has 2 unspecified atom stereocenters. The first-order chi connectivity index (χ1) is 13.9. The van der Waals surface area contributed by atoms with E-state index in [1.54, 1.807) is 0 Å². The molecule has 2 atom stereocenters. The molecule has 0 bridgehead atoms. The van der Waals surface area contributed by atoms with Crippen molar-refractivity contribution in [3.05, 3.63) is 29.6 Å². The summed E-state index contributed by atoms with van der Waals surface area (Å²) in [7, 11) is 0. The van der Waals surface area contributed by atoms with Crippen molar-refractivity contribution in [1.29, 1.82) is 0 Å². The lowest BCUT2D eigenvalue weighted by Gasteiger charge is -2.35. The molecule has 6 nitrogen and oxygen atoms in total. The fraction of sp³-hybridized carbons (Fsp3) is 0.652. The number of hydrogen-bond acceptors (Lipinski definition) is 5. The SMILES string of the molecule is CC(C)n1nc(-c2cnc3c(c2)C(C)(C)CN3)cc1C1C2CN(C3COC3)CC21. The van der Waals surface area contributed by atoms with Crippen LogP contribution in [0.4, 0.5) is 5.82 Å². The molecular weight excluding hydrogens is 362 g/mol. The number of likely N-dealkylation sites (tertiary alicyclic amines) is 1. The summed E-state index contributed by atoms with van der Waals surface area (Å²) in [5.41, 5.74) is 5.05. The number of piperidine rings is 1. The molecule has 4 aliphatic rings. The van der Waals surface area contributed by atoms with Crippen LogP contribution in [0.25, 0.3) is 11.3 Å². The van der Waals surface area contributed by atoms with Gasteiger partial charge >= 0.3 is 0 Å². The minimum absolute atomic E-state index is 0.115. The summed E-state index contributed by atoms with van der Waals surface area (Å²) in [5.74, 6) is 3.27. The van der Waals surface area contributed by atoms with Crippen molar-refractivity contribution in [2.75, 3.05) is 38.2 Å².